The van der Waals surface area contributed by atoms with Crippen molar-refractivity contribution in [1.82, 2.24) is 19.9 Å². The summed E-state index contributed by atoms with van der Waals surface area (Å²) in [5, 5.41) is 18.4. The first-order chi connectivity index (χ1) is 13.8. The van der Waals surface area contributed by atoms with Crippen molar-refractivity contribution in [2.45, 2.75) is 31.9 Å². The SMILES string of the molecule is Cc1ccccc1-c1nc2ncnc(NC3C[C@@H](COS(N)(=O)=O)[C@@H](O)C3)c2[nH]1. The second-order valence-corrected chi connectivity index (χ2v) is 8.46. The van der Waals surface area contributed by atoms with Crippen LogP contribution < -0.4 is 10.5 Å². The highest BCUT2D eigenvalue weighted by Crippen LogP contribution is 2.31. The molecule has 0 amide bonds. The van der Waals surface area contributed by atoms with Gasteiger partial charge >= 0.3 is 10.3 Å². The summed E-state index contributed by atoms with van der Waals surface area (Å²) in [6.45, 7) is 1.86. The maximum Gasteiger partial charge on any atom is 0.333 e. The Morgan fingerprint density at radius 1 is 1.31 bits per heavy atom. The van der Waals surface area contributed by atoms with Gasteiger partial charge in [0.2, 0.25) is 0 Å². The second kappa shape index (κ2) is 7.67. The van der Waals surface area contributed by atoms with E-state index < -0.39 is 16.4 Å². The molecule has 1 aliphatic rings. The summed E-state index contributed by atoms with van der Waals surface area (Å²) < 4.78 is 26.6. The summed E-state index contributed by atoms with van der Waals surface area (Å²) in [6, 6.07) is 7.80. The zero-order valence-electron chi connectivity index (χ0n) is 15.7. The van der Waals surface area contributed by atoms with Gasteiger partial charge in [-0.15, -0.1) is 0 Å². The van der Waals surface area contributed by atoms with Gasteiger partial charge in [0.15, 0.2) is 11.5 Å². The van der Waals surface area contributed by atoms with Crippen molar-refractivity contribution in [1.29, 1.82) is 0 Å². The van der Waals surface area contributed by atoms with E-state index in [1.165, 1.54) is 6.33 Å². The molecule has 4 rings (SSSR count). The largest absolute Gasteiger partial charge is 0.393 e. The first-order valence-corrected chi connectivity index (χ1v) is 10.7. The van der Waals surface area contributed by atoms with Crippen LogP contribution in [-0.4, -0.2) is 52.2 Å². The minimum absolute atomic E-state index is 0.109. The van der Waals surface area contributed by atoms with E-state index in [4.69, 9.17) is 5.14 Å². The van der Waals surface area contributed by atoms with Crippen LogP contribution in [0.3, 0.4) is 0 Å². The number of aliphatic hydroxyl groups is 1. The lowest BCUT2D eigenvalue weighted by atomic mass is 10.1. The molecule has 1 aliphatic carbocycles. The lowest BCUT2D eigenvalue weighted by Crippen LogP contribution is -2.24. The predicted molar refractivity (Wildman–Crippen MR) is 107 cm³/mol. The number of fused-ring (bicyclic) bond motifs is 1. The number of aromatic amines is 1. The molecule has 1 fully saturated rings. The molecule has 0 aliphatic heterocycles. The van der Waals surface area contributed by atoms with Gasteiger partial charge in [0.1, 0.15) is 17.7 Å². The van der Waals surface area contributed by atoms with Crippen molar-refractivity contribution in [3.05, 3.63) is 36.2 Å². The van der Waals surface area contributed by atoms with Gasteiger partial charge in [-0.3, -0.25) is 4.18 Å². The van der Waals surface area contributed by atoms with Crippen LogP contribution in [0.1, 0.15) is 18.4 Å². The molecule has 1 aromatic carbocycles. The number of imidazole rings is 1. The third kappa shape index (κ3) is 4.37. The molecule has 3 aromatic rings. The smallest absolute Gasteiger partial charge is 0.333 e. The van der Waals surface area contributed by atoms with Gasteiger partial charge in [-0.1, -0.05) is 24.3 Å². The molecule has 0 bridgehead atoms. The van der Waals surface area contributed by atoms with Gasteiger partial charge in [0.05, 0.1) is 12.7 Å². The highest BCUT2D eigenvalue weighted by atomic mass is 32.2. The Hall–Kier alpha value is -2.60. The van der Waals surface area contributed by atoms with E-state index in [2.05, 4.69) is 29.4 Å². The van der Waals surface area contributed by atoms with Crippen LogP contribution in [0.5, 0.6) is 0 Å². The summed E-state index contributed by atoms with van der Waals surface area (Å²) in [5.74, 6) is 0.938. The summed E-state index contributed by atoms with van der Waals surface area (Å²) in [7, 11) is -4.03. The van der Waals surface area contributed by atoms with Crippen molar-refractivity contribution >= 4 is 27.3 Å². The number of hydrogen-bond donors (Lipinski definition) is 4. The Balaban J connectivity index is 1.54. The maximum absolute atomic E-state index is 11.0. The third-order valence-electron chi connectivity index (χ3n) is 5.13. The Kier molecular flexibility index (Phi) is 5.21. The Morgan fingerprint density at radius 2 is 2.10 bits per heavy atom. The van der Waals surface area contributed by atoms with Crippen LogP contribution in [-0.2, 0) is 14.5 Å². The van der Waals surface area contributed by atoms with Crippen LogP contribution in [0.25, 0.3) is 22.6 Å². The Bertz CT molecular complexity index is 1130. The fraction of sp³-hybridized carbons (Fsp3) is 0.389. The lowest BCUT2D eigenvalue weighted by Gasteiger charge is -2.13. The number of anilines is 1. The first kappa shape index (κ1) is 19.7. The van der Waals surface area contributed by atoms with Gasteiger partial charge in [-0.05, 0) is 25.3 Å². The molecule has 3 atom stereocenters. The number of nitrogens with zero attached hydrogens (tertiary/aromatic N) is 3. The fourth-order valence-corrected chi connectivity index (χ4v) is 4.04. The molecule has 29 heavy (non-hydrogen) atoms. The molecule has 1 saturated carbocycles. The van der Waals surface area contributed by atoms with Crippen molar-refractivity contribution in [3.8, 4) is 11.4 Å². The molecule has 5 N–H and O–H groups in total. The topological polar surface area (TPSA) is 156 Å². The summed E-state index contributed by atoms with van der Waals surface area (Å²) in [5.41, 5.74) is 3.27. The normalized spacial score (nSPS) is 22.2. The zero-order chi connectivity index (χ0) is 20.6. The summed E-state index contributed by atoms with van der Waals surface area (Å²) >= 11 is 0. The average Bonchev–Trinajstić information content (AvgIpc) is 3.24. The predicted octanol–water partition coefficient (Wildman–Crippen LogP) is 1.10. The Morgan fingerprint density at radius 3 is 2.86 bits per heavy atom. The van der Waals surface area contributed by atoms with Crippen LogP contribution >= 0.6 is 0 Å². The number of aromatic nitrogens is 4. The number of aryl methyl sites for hydroxylation is 1. The van der Waals surface area contributed by atoms with Crippen LogP contribution in [0.4, 0.5) is 5.82 Å². The van der Waals surface area contributed by atoms with Crippen molar-refractivity contribution < 1.29 is 17.7 Å². The number of rotatable bonds is 6. The number of benzene rings is 1. The third-order valence-corrected chi connectivity index (χ3v) is 5.60. The van der Waals surface area contributed by atoms with Gasteiger partial charge in [0.25, 0.3) is 0 Å². The van der Waals surface area contributed by atoms with Crippen LogP contribution in [0, 0.1) is 12.8 Å². The van der Waals surface area contributed by atoms with E-state index in [0.717, 1.165) is 11.1 Å². The molecule has 2 aromatic heterocycles. The molecule has 154 valence electrons. The zero-order valence-corrected chi connectivity index (χ0v) is 16.6. The number of nitrogens with one attached hydrogen (secondary N) is 2. The van der Waals surface area contributed by atoms with Gasteiger partial charge in [0, 0.05) is 17.5 Å². The molecule has 0 radical (unpaired) electrons. The maximum atomic E-state index is 11.0. The minimum Gasteiger partial charge on any atom is -0.393 e. The number of H-pyrrole nitrogens is 1. The number of hydrogen-bond acceptors (Lipinski definition) is 8. The average molecular weight is 418 g/mol. The van der Waals surface area contributed by atoms with E-state index in [0.29, 0.717) is 35.6 Å². The van der Waals surface area contributed by atoms with E-state index in [9.17, 15) is 13.5 Å². The molecule has 2 heterocycles. The molecular formula is C18H22N6O4S. The van der Waals surface area contributed by atoms with E-state index in [1.54, 1.807) is 0 Å². The molecule has 0 spiro atoms. The first-order valence-electron chi connectivity index (χ1n) is 9.18. The van der Waals surface area contributed by atoms with Crippen LogP contribution in [0.15, 0.2) is 30.6 Å². The van der Waals surface area contributed by atoms with E-state index in [1.807, 2.05) is 31.2 Å². The van der Waals surface area contributed by atoms with Crippen molar-refractivity contribution in [2.24, 2.45) is 11.1 Å². The van der Waals surface area contributed by atoms with Gasteiger partial charge in [-0.2, -0.15) is 8.42 Å². The van der Waals surface area contributed by atoms with E-state index in [-0.39, 0.29) is 18.6 Å². The van der Waals surface area contributed by atoms with E-state index >= 15 is 0 Å². The van der Waals surface area contributed by atoms with Crippen molar-refractivity contribution in [2.75, 3.05) is 11.9 Å². The second-order valence-electron chi connectivity index (χ2n) is 7.24. The summed E-state index contributed by atoms with van der Waals surface area (Å²) in [6.07, 6.45) is 1.68. The standard InChI is InChI=1S/C18H22N6O4S/c1-10-4-2-3-5-13(10)16-23-15-17(20-9-21-18(15)24-16)22-12-6-11(14(25)7-12)8-28-29(19,26)27/h2-5,9,11-12,14,25H,6-8H2,1H3,(H2,19,26,27)(H2,20,21,22,23,24)/t11-,12?,14-/m0/s1. The molecular weight excluding hydrogens is 396 g/mol. The van der Waals surface area contributed by atoms with Crippen molar-refractivity contribution in [3.63, 3.8) is 0 Å². The number of aliphatic hydroxyl groups excluding tert-OH is 1. The lowest BCUT2D eigenvalue weighted by molar-refractivity contribution is 0.101. The summed E-state index contributed by atoms with van der Waals surface area (Å²) in [4.78, 5) is 16.4. The molecule has 0 saturated heterocycles. The van der Waals surface area contributed by atoms with Gasteiger partial charge in [-0.25, -0.2) is 20.1 Å². The highest BCUT2D eigenvalue weighted by molar-refractivity contribution is 7.84. The van der Waals surface area contributed by atoms with Crippen LogP contribution in [0.2, 0.25) is 0 Å². The minimum atomic E-state index is -4.03. The monoisotopic (exact) mass is 418 g/mol. The molecule has 10 nitrogen and oxygen atoms in total. The quantitative estimate of drug-likeness (QED) is 0.463. The van der Waals surface area contributed by atoms with Gasteiger partial charge < -0.3 is 15.4 Å². The molecule has 1 unspecified atom stereocenters. The number of nitrogens with two attached hydrogens (primary N) is 1. The fourth-order valence-electron chi connectivity index (χ4n) is 3.68. The Labute approximate surface area is 167 Å². The highest BCUT2D eigenvalue weighted by Gasteiger charge is 2.34. The molecule has 11 heteroatoms.